The van der Waals surface area contributed by atoms with Gasteiger partial charge in [0, 0.05) is 11.6 Å². The monoisotopic (exact) mass is 349 g/mol. The number of amides is 3. The van der Waals surface area contributed by atoms with Gasteiger partial charge >= 0.3 is 6.03 Å². The molecule has 0 bridgehead atoms. The minimum atomic E-state index is -0.510. The van der Waals surface area contributed by atoms with E-state index in [-0.39, 0.29) is 11.8 Å². The van der Waals surface area contributed by atoms with Gasteiger partial charge in [-0.2, -0.15) is 0 Å². The first-order valence-corrected chi connectivity index (χ1v) is 8.26. The first kappa shape index (κ1) is 17.8. The number of methoxy groups -OCH3 is 1. The van der Waals surface area contributed by atoms with E-state index in [1.165, 1.54) is 0 Å². The average molecular weight is 349 g/mol. The maximum absolute atomic E-state index is 11.7. The molecule has 0 aliphatic rings. The van der Waals surface area contributed by atoms with E-state index in [0.717, 1.165) is 23.1 Å². The number of carbonyl (C=O) groups excluding carboxylic acids is 2. The fourth-order valence-electron chi connectivity index (χ4n) is 1.78. The van der Waals surface area contributed by atoms with Crippen molar-refractivity contribution >= 4 is 23.7 Å². The van der Waals surface area contributed by atoms with Gasteiger partial charge < -0.3 is 10.1 Å². The van der Waals surface area contributed by atoms with Crippen molar-refractivity contribution in [3.05, 3.63) is 24.3 Å². The molecule has 0 saturated heterocycles. The number of thioether (sulfide) groups is 1. The second-order valence-corrected chi connectivity index (χ2v) is 6.10. The van der Waals surface area contributed by atoms with Crippen molar-refractivity contribution in [3.63, 3.8) is 0 Å². The van der Waals surface area contributed by atoms with Crippen LogP contribution in [0.4, 0.5) is 4.79 Å². The first-order chi connectivity index (χ1) is 11.5. The van der Waals surface area contributed by atoms with Crippen LogP contribution >= 0.6 is 11.8 Å². The van der Waals surface area contributed by atoms with Gasteiger partial charge in [0.25, 0.3) is 0 Å². The predicted octanol–water partition coefficient (Wildman–Crippen LogP) is 1.81. The zero-order valence-corrected chi connectivity index (χ0v) is 14.4. The number of urea groups is 1. The molecule has 0 radical (unpaired) electrons. The molecule has 0 unspecified atom stereocenters. The molecule has 0 aliphatic carbocycles. The van der Waals surface area contributed by atoms with Gasteiger partial charge in [-0.15, -0.1) is 5.10 Å². The van der Waals surface area contributed by atoms with Crippen molar-refractivity contribution in [3.8, 4) is 17.1 Å². The third-order valence-electron chi connectivity index (χ3n) is 2.83. The van der Waals surface area contributed by atoms with Crippen LogP contribution in [0.5, 0.6) is 5.75 Å². The van der Waals surface area contributed by atoms with Gasteiger partial charge in [0.05, 0.1) is 12.9 Å². The summed E-state index contributed by atoms with van der Waals surface area (Å²) < 4.78 is 5.10. The first-order valence-electron chi connectivity index (χ1n) is 7.28. The number of aromatic amines is 1. The second-order valence-electron chi connectivity index (χ2n) is 5.16. The molecule has 0 atom stereocenters. The maximum Gasteiger partial charge on any atom is 0.321 e. The molecule has 8 nitrogen and oxygen atoms in total. The number of ether oxygens (including phenoxy) is 1. The molecule has 0 saturated carbocycles. The van der Waals surface area contributed by atoms with Crippen molar-refractivity contribution in [2.75, 3.05) is 12.9 Å². The average Bonchev–Trinajstić information content (AvgIpc) is 3.01. The summed E-state index contributed by atoms with van der Waals surface area (Å²) in [5, 5.41) is 12.1. The lowest BCUT2D eigenvalue weighted by Gasteiger charge is -2.08. The SMILES string of the molecule is COc1ccc(-c2nc(SCC(=O)NC(=O)NC(C)C)n[nH]2)cc1. The molecule has 0 fully saturated rings. The molecule has 1 aromatic carbocycles. The summed E-state index contributed by atoms with van der Waals surface area (Å²) in [7, 11) is 1.60. The Morgan fingerprint density at radius 3 is 2.62 bits per heavy atom. The van der Waals surface area contributed by atoms with Gasteiger partial charge in [0.15, 0.2) is 5.82 Å². The van der Waals surface area contributed by atoms with Crippen LogP contribution in [0, 0.1) is 0 Å². The van der Waals surface area contributed by atoms with Gasteiger partial charge in [-0.3, -0.25) is 15.2 Å². The van der Waals surface area contributed by atoms with E-state index in [4.69, 9.17) is 4.74 Å². The van der Waals surface area contributed by atoms with Crippen LogP contribution in [0.25, 0.3) is 11.4 Å². The van der Waals surface area contributed by atoms with Crippen LogP contribution in [-0.2, 0) is 4.79 Å². The number of imide groups is 1. The fraction of sp³-hybridized carbons (Fsp3) is 0.333. The highest BCUT2D eigenvalue weighted by atomic mass is 32.2. The second kappa shape index (κ2) is 8.34. The lowest BCUT2D eigenvalue weighted by molar-refractivity contribution is -0.117. The molecule has 9 heteroatoms. The Labute approximate surface area is 143 Å². The number of carbonyl (C=O) groups is 2. The van der Waals surface area contributed by atoms with E-state index in [9.17, 15) is 9.59 Å². The molecule has 2 rings (SSSR count). The minimum absolute atomic E-state index is 0.0366. The van der Waals surface area contributed by atoms with Crippen LogP contribution in [0.3, 0.4) is 0 Å². The Morgan fingerprint density at radius 2 is 2.00 bits per heavy atom. The van der Waals surface area contributed by atoms with Gasteiger partial charge in [-0.05, 0) is 38.1 Å². The van der Waals surface area contributed by atoms with E-state index in [1.807, 2.05) is 38.1 Å². The van der Waals surface area contributed by atoms with Crippen LogP contribution < -0.4 is 15.4 Å². The number of rotatable bonds is 6. The molecular weight excluding hydrogens is 330 g/mol. The molecule has 0 spiro atoms. The van der Waals surface area contributed by atoms with E-state index in [1.54, 1.807) is 7.11 Å². The third-order valence-corrected chi connectivity index (χ3v) is 3.68. The Balaban J connectivity index is 1.87. The highest BCUT2D eigenvalue weighted by Crippen LogP contribution is 2.21. The standard InChI is InChI=1S/C15H19N5O3S/c1-9(2)16-14(22)17-12(21)8-24-15-18-13(19-20-15)10-4-6-11(23-3)7-5-10/h4-7,9H,8H2,1-3H3,(H,18,19,20)(H2,16,17,21,22). The smallest absolute Gasteiger partial charge is 0.321 e. The number of hydrogen-bond donors (Lipinski definition) is 3. The molecule has 0 aliphatic heterocycles. The number of benzene rings is 1. The van der Waals surface area contributed by atoms with Crippen molar-refractivity contribution in [2.24, 2.45) is 0 Å². The lowest BCUT2D eigenvalue weighted by atomic mass is 10.2. The van der Waals surface area contributed by atoms with Crippen molar-refractivity contribution in [1.82, 2.24) is 25.8 Å². The molecule has 3 amide bonds. The number of nitrogens with one attached hydrogen (secondary N) is 3. The van der Waals surface area contributed by atoms with Crippen molar-refractivity contribution in [2.45, 2.75) is 25.0 Å². The molecule has 3 N–H and O–H groups in total. The van der Waals surface area contributed by atoms with Crippen molar-refractivity contribution < 1.29 is 14.3 Å². The number of H-pyrrole nitrogens is 1. The summed E-state index contributed by atoms with van der Waals surface area (Å²) in [4.78, 5) is 27.4. The maximum atomic E-state index is 11.7. The summed E-state index contributed by atoms with van der Waals surface area (Å²) >= 11 is 1.14. The van der Waals surface area contributed by atoms with Crippen LogP contribution in [0.1, 0.15) is 13.8 Å². The molecule has 2 aromatic rings. The quantitative estimate of drug-likeness (QED) is 0.686. The van der Waals surface area contributed by atoms with Crippen LogP contribution in [-0.4, -0.2) is 46.0 Å². The molecule has 1 aromatic heterocycles. The summed E-state index contributed by atoms with van der Waals surface area (Å²) in [6, 6.07) is 6.82. The molecule has 128 valence electrons. The Morgan fingerprint density at radius 1 is 1.29 bits per heavy atom. The zero-order chi connectivity index (χ0) is 17.5. The largest absolute Gasteiger partial charge is 0.497 e. The van der Waals surface area contributed by atoms with E-state index in [0.29, 0.717) is 11.0 Å². The number of hydrogen-bond acceptors (Lipinski definition) is 6. The number of aromatic nitrogens is 3. The molecule has 24 heavy (non-hydrogen) atoms. The Hall–Kier alpha value is -2.55. The third kappa shape index (κ3) is 5.27. The summed E-state index contributed by atoms with van der Waals surface area (Å²) in [5.74, 6) is 0.988. The Kier molecular flexibility index (Phi) is 6.19. The van der Waals surface area contributed by atoms with E-state index < -0.39 is 11.9 Å². The number of nitrogens with zero attached hydrogens (tertiary/aromatic N) is 2. The molecular formula is C15H19N5O3S. The predicted molar refractivity (Wildman–Crippen MR) is 90.9 cm³/mol. The van der Waals surface area contributed by atoms with E-state index in [2.05, 4.69) is 25.8 Å². The van der Waals surface area contributed by atoms with Crippen LogP contribution in [0.2, 0.25) is 0 Å². The fourth-order valence-corrected chi connectivity index (χ4v) is 2.38. The highest BCUT2D eigenvalue weighted by molar-refractivity contribution is 7.99. The van der Waals surface area contributed by atoms with Crippen LogP contribution in [0.15, 0.2) is 29.4 Å². The van der Waals surface area contributed by atoms with Crippen molar-refractivity contribution in [1.29, 1.82) is 0 Å². The van der Waals surface area contributed by atoms with Gasteiger partial charge in [-0.1, -0.05) is 11.8 Å². The molecule has 1 heterocycles. The van der Waals surface area contributed by atoms with Gasteiger partial charge in [0.2, 0.25) is 11.1 Å². The van der Waals surface area contributed by atoms with Gasteiger partial charge in [-0.25, -0.2) is 9.78 Å². The summed E-state index contributed by atoms with van der Waals surface area (Å²) in [6.07, 6.45) is 0. The topological polar surface area (TPSA) is 109 Å². The lowest BCUT2D eigenvalue weighted by Crippen LogP contribution is -2.43. The summed E-state index contributed by atoms with van der Waals surface area (Å²) in [5.41, 5.74) is 0.857. The summed E-state index contributed by atoms with van der Waals surface area (Å²) in [6.45, 7) is 3.63. The van der Waals surface area contributed by atoms with Gasteiger partial charge in [0.1, 0.15) is 5.75 Å². The highest BCUT2D eigenvalue weighted by Gasteiger charge is 2.12. The normalized spacial score (nSPS) is 10.5. The Bertz CT molecular complexity index is 699. The van der Waals surface area contributed by atoms with E-state index >= 15 is 0 Å². The minimum Gasteiger partial charge on any atom is -0.497 e. The zero-order valence-electron chi connectivity index (χ0n) is 13.6.